The number of benzene rings is 2. The predicted octanol–water partition coefficient (Wildman–Crippen LogP) is 2.60. The number of fused-ring (bicyclic) bond motifs is 1. The van der Waals surface area contributed by atoms with Crippen molar-refractivity contribution in [2.45, 2.75) is 19.9 Å². The molecule has 0 saturated heterocycles. The fraction of sp³-hybridized carbons (Fsp3) is 0.235. The molecule has 1 heterocycles. The van der Waals surface area contributed by atoms with Gasteiger partial charge in [0, 0.05) is 23.4 Å². The molecule has 0 aromatic heterocycles. The fourth-order valence-corrected chi connectivity index (χ4v) is 2.63. The summed E-state index contributed by atoms with van der Waals surface area (Å²) in [4.78, 5) is 12.3. The lowest BCUT2D eigenvalue weighted by atomic mass is 10.0. The molecular weight excluding hydrogens is 264 g/mol. The van der Waals surface area contributed by atoms with Crippen LogP contribution in [0.1, 0.15) is 27.0 Å². The van der Waals surface area contributed by atoms with E-state index in [9.17, 15) is 9.90 Å². The summed E-state index contributed by atoms with van der Waals surface area (Å²) in [6.45, 7) is 3.58. The van der Waals surface area contributed by atoms with Gasteiger partial charge in [0.2, 0.25) is 0 Å². The Kier molecular flexibility index (Phi) is 3.62. The van der Waals surface area contributed by atoms with E-state index >= 15 is 0 Å². The monoisotopic (exact) mass is 282 g/mol. The molecule has 0 fully saturated rings. The van der Waals surface area contributed by atoms with E-state index in [-0.39, 0.29) is 11.7 Å². The quantitative estimate of drug-likeness (QED) is 0.793. The Morgan fingerprint density at radius 2 is 2.10 bits per heavy atom. The summed E-state index contributed by atoms with van der Waals surface area (Å²) < 4.78 is 0. The zero-order valence-corrected chi connectivity index (χ0v) is 11.9. The first kappa shape index (κ1) is 13.6. The van der Waals surface area contributed by atoms with Gasteiger partial charge >= 0.3 is 0 Å². The van der Waals surface area contributed by atoms with E-state index in [0.29, 0.717) is 11.1 Å². The van der Waals surface area contributed by atoms with Gasteiger partial charge in [-0.2, -0.15) is 0 Å². The van der Waals surface area contributed by atoms with E-state index in [0.717, 1.165) is 25.2 Å². The maximum absolute atomic E-state index is 12.3. The normalized spacial score (nSPS) is 13.6. The van der Waals surface area contributed by atoms with Crippen molar-refractivity contribution in [3.05, 3.63) is 58.7 Å². The number of rotatable bonds is 2. The molecule has 4 nitrogen and oxygen atoms in total. The Labute approximate surface area is 123 Å². The number of phenols is 1. The smallest absolute Gasteiger partial charge is 0.256 e. The van der Waals surface area contributed by atoms with E-state index < -0.39 is 0 Å². The van der Waals surface area contributed by atoms with Crippen LogP contribution in [0.5, 0.6) is 5.75 Å². The molecule has 3 N–H and O–H groups in total. The molecule has 0 atom stereocenters. The second kappa shape index (κ2) is 5.58. The molecule has 0 radical (unpaired) electrons. The molecule has 3 rings (SSSR count). The molecule has 1 amide bonds. The summed E-state index contributed by atoms with van der Waals surface area (Å²) in [7, 11) is 0. The van der Waals surface area contributed by atoms with Gasteiger partial charge < -0.3 is 15.7 Å². The minimum atomic E-state index is -0.202. The number of aromatic hydroxyl groups is 1. The van der Waals surface area contributed by atoms with Crippen molar-refractivity contribution in [3.8, 4) is 5.75 Å². The Morgan fingerprint density at radius 1 is 1.24 bits per heavy atom. The minimum Gasteiger partial charge on any atom is -0.508 e. The second-order valence-corrected chi connectivity index (χ2v) is 5.31. The summed E-state index contributed by atoms with van der Waals surface area (Å²) in [5, 5.41) is 15.9. The molecule has 2 aromatic rings. The number of carbonyl (C=O) groups is 1. The topological polar surface area (TPSA) is 61.4 Å². The molecule has 4 heteroatoms. The molecule has 0 spiro atoms. The Hall–Kier alpha value is -2.33. The van der Waals surface area contributed by atoms with Crippen molar-refractivity contribution in [2.75, 3.05) is 11.9 Å². The molecule has 0 bridgehead atoms. The number of amides is 1. The molecule has 1 aliphatic heterocycles. The molecule has 108 valence electrons. The van der Waals surface area contributed by atoms with Crippen LogP contribution in [0.2, 0.25) is 0 Å². The van der Waals surface area contributed by atoms with Gasteiger partial charge in [0.15, 0.2) is 0 Å². The van der Waals surface area contributed by atoms with Crippen molar-refractivity contribution in [2.24, 2.45) is 0 Å². The third-order valence-electron chi connectivity index (χ3n) is 3.90. The maximum Gasteiger partial charge on any atom is 0.256 e. The van der Waals surface area contributed by atoms with Crippen molar-refractivity contribution in [3.63, 3.8) is 0 Å². The highest BCUT2D eigenvalue weighted by Crippen LogP contribution is 2.22. The molecule has 2 aromatic carbocycles. The Balaban J connectivity index is 1.83. The maximum atomic E-state index is 12.3. The summed E-state index contributed by atoms with van der Waals surface area (Å²) in [5.74, 6) is -0.0654. The highest BCUT2D eigenvalue weighted by atomic mass is 16.3. The molecule has 1 aliphatic rings. The highest BCUT2D eigenvalue weighted by Gasteiger charge is 2.13. The number of phenolic OH excluding ortho intramolecular Hbond substituents is 1. The van der Waals surface area contributed by atoms with Crippen molar-refractivity contribution in [1.29, 1.82) is 0 Å². The number of nitrogens with one attached hydrogen (secondary N) is 2. The minimum absolute atomic E-state index is 0.136. The summed E-state index contributed by atoms with van der Waals surface area (Å²) >= 11 is 0. The predicted molar refractivity (Wildman–Crippen MR) is 82.6 cm³/mol. The fourth-order valence-electron chi connectivity index (χ4n) is 2.63. The number of hydrogen-bond donors (Lipinski definition) is 3. The van der Waals surface area contributed by atoms with E-state index in [1.807, 2.05) is 12.1 Å². The first-order chi connectivity index (χ1) is 10.1. The van der Waals surface area contributed by atoms with E-state index in [1.54, 1.807) is 25.1 Å². The van der Waals surface area contributed by atoms with Crippen LogP contribution < -0.4 is 10.6 Å². The Morgan fingerprint density at radius 3 is 2.95 bits per heavy atom. The molecule has 21 heavy (non-hydrogen) atoms. The van der Waals surface area contributed by atoms with Gasteiger partial charge in [-0.1, -0.05) is 12.1 Å². The van der Waals surface area contributed by atoms with Crippen LogP contribution in [0.15, 0.2) is 36.4 Å². The van der Waals surface area contributed by atoms with Gasteiger partial charge in [-0.05, 0) is 55.3 Å². The molecule has 0 unspecified atom stereocenters. The molecule has 0 saturated carbocycles. The number of anilines is 1. The lowest BCUT2D eigenvalue weighted by molar-refractivity contribution is 0.102. The van der Waals surface area contributed by atoms with E-state index in [2.05, 4.69) is 16.7 Å². The average Bonchev–Trinajstić information content (AvgIpc) is 2.50. The van der Waals surface area contributed by atoms with Gasteiger partial charge in [0.05, 0.1) is 0 Å². The van der Waals surface area contributed by atoms with Crippen molar-refractivity contribution in [1.82, 2.24) is 5.32 Å². The van der Waals surface area contributed by atoms with E-state index in [4.69, 9.17) is 0 Å². The highest BCUT2D eigenvalue weighted by molar-refractivity contribution is 6.05. The number of carbonyl (C=O) groups excluding carboxylic acids is 1. The van der Waals surface area contributed by atoms with Crippen LogP contribution in [0.3, 0.4) is 0 Å². The summed E-state index contributed by atoms with van der Waals surface area (Å²) in [6.07, 6.45) is 1.02. The van der Waals surface area contributed by atoms with Crippen LogP contribution in [-0.2, 0) is 13.0 Å². The second-order valence-electron chi connectivity index (χ2n) is 5.31. The van der Waals surface area contributed by atoms with E-state index in [1.165, 1.54) is 11.1 Å². The average molecular weight is 282 g/mol. The van der Waals surface area contributed by atoms with Gasteiger partial charge in [-0.25, -0.2) is 0 Å². The lowest BCUT2D eigenvalue weighted by Gasteiger charge is -2.18. The SMILES string of the molecule is Cc1c(O)cccc1C(=O)Nc1ccc2c(c1)CNCC2. The number of hydrogen-bond acceptors (Lipinski definition) is 3. The third kappa shape index (κ3) is 2.76. The lowest BCUT2D eigenvalue weighted by Crippen LogP contribution is -2.23. The first-order valence-corrected chi connectivity index (χ1v) is 7.07. The molecular formula is C17H18N2O2. The Bertz CT molecular complexity index is 695. The van der Waals surface area contributed by atoms with Crippen LogP contribution in [0.25, 0.3) is 0 Å². The zero-order chi connectivity index (χ0) is 14.8. The van der Waals surface area contributed by atoms with Gasteiger partial charge in [-0.15, -0.1) is 0 Å². The van der Waals surface area contributed by atoms with Crippen molar-refractivity contribution < 1.29 is 9.90 Å². The largest absolute Gasteiger partial charge is 0.508 e. The third-order valence-corrected chi connectivity index (χ3v) is 3.90. The molecule has 0 aliphatic carbocycles. The van der Waals surface area contributed by atoms with Crippen LogP contribution in [0.4, 0.5) is 5.69 Å². The van der Waals surface area contributed by atoms with Gasteiger partial charge in [-0.3, -0.25) is 4.79 Å². The first-order valence-electron chi connectivity index (χ1n) is 7.07. The van der Waals surface area contributed by atoms with Crippen LogP contribution in [0, 0.1) is 6.92 Å². The van der Waals surface area contributed by atoms with Crippen LogP contribution in [-0.4, -0.2) is 17.6 Å². The summed E-state index contributed by atoms with van der Waals surface area (Å²) in [5.41, 5.74) is 4.43. The standard InChI is InChI=1S/C17H18N2O2/c1-11-15(3-2-4-16(11)20)17(21)19-14-6-5-12-7-8-18-10-13(12)9-14/h2-6,9,18,20H,7-8,10H2,1H3,(H,19,21). The van der Waals surface area contributed by atoms with Crippen molar-refractivity contribution >= 4 is 11.6 Å². The zero-order valence-electron chi connectivity index (χ0n) is 11.9. The summed E-state index contributed by atoms with van der Waals surface area (Å²) in [6, 6.07) is 11.0. The van der Waals surface area contributed by atoms with Gasteiger partial charge in [0.1, 0.15) is 5.75 Å². The van der Waals surface area contributed by atoms with Gasteiger partial charge in [0.25, 0.3) is 5.91 Å². The van der Waals surface area contributed by atoms with Crippen LogP contribution >= 0.6 is 0 Å².